The molecule has 194 valence electrons. The van der Waals surface area contributed by atoms with Crippen LogP contribution in [0.5, 0.6) is 23.0 Å². The summed E-state index contributed by atoms with van der Waals surface area (Å²) in [6.45, 7) is 3.19. The molecule has 0 saturated carbocycles. The van der Waals surface area contributed by atoms with E-state index in [0.29, 0.717) is 31.1 Å². The maximum absolute atomic E-state index is 11.7. The Morgan fingerprint density at radius 2 is 1.34 bits per heavy atom. The van der Waals surface area contributed by atoms with Gasteiger partial charge in [0.05, 0.1) is 13.2 Å². The van der Waals surface area contributed by atoms with Crippen molar-refractivity contribution in [2.45, 2.75) is 90.4 Å². The van der Waals surface area contributed by atoms with E-state index in [1.165, 1.54) is 44.6 Å². The SMILES string of the molecule is CCCCCCCCCCOc1cccc(C(=O)O)c1OCCCCCCc1cccc(O)c1O. The summed E-state index contributed by atoms with van der Waals surface area (Å²) in [5, 5.41) is 29.0. The Morgan fingerprint density at radius 1 is 0.743 bits per heavy atom. The molecule has 0 atom stereocenters. The summed E-state index contributed by atoms with van der Waals surface area (Å²) in [6.07, 6.45) is 13.9. The lowest BCUT2D eigenvalue weighted by Gasteiger charge is -2.15. The maximum atomic E-state index is 11.7. The van der Waals surface area contributed by atoms with Gasteiger partial charge in [-0.1, -0.05) is 82.9 Å². The highest BCUT2D eigenvalue weighted by molar-refractivity contribution is 5.92. The van der Waals surface area contributed by atoms with E-state index in [4.69, 9.17) is 9.47 Å². The van der Waals surface area contributed by atoms with Crippen LogP contribution in [-0.2, 0) is 6.42 Å². The predicted octanol–water partition coefficient (Wildman–Crippen LogP) is 7.50. The summed E-state index contributed by atoms with van der Waals surface area (Å²) >= 11 is 0. The smallest absolute Gasteiger partial charge is 0.339 e. The summed E-state index contributed by atoms with van der Waals surface area (Å²) in [7, 11) is 0. The second kappa shape index (κ2) is 16.7. The van der Waals surface area contributed by atoms with Crippen molar-refractivity contribution in [2.75, 3.05) is 13.2 Å². The fraction of sp³-hybridized carbons (Fsp3) is 0.552. The van der Waals surface area contributed by atoms with Crippen LogP contribution in [-0.4, -0.2) is 34.5 Å². The molecule has 0 heterocycles. The van der Waals surface area contributed by atoms with Crippen LogP contribution in [0, 0.1) is 0 Å². The van der Waals surface area contributed by atoms with Gasteiger partial charge in [-0.05, 0) is 49.4 Å². The third kappa shape index (κ3) is 10.5. The number of phenols is 2. The first-order valence-corrected chi connectivity index (χ1v) is 13.2. The summed E-state index contributed by atoms with van der Waals surface area (Å²) < 4.78 is 11.8. The molecule has 2 aromatic carbocycles. The Labute approximate surface area is 209 Å². The Morgan fingerprint density at radius 3 is 2.03 bits per heavy atom. The molecule has 0 spiro atoms. The molecule has 0 bridgehead atoms. The molecule has 0 fully saturated rings. The van der Waals surface area contributed by atoms with E-state index in [0.717, 1.165) is 44.1 Å². The Bertz CT molecular complexity index is 879. The van der Waals surface area contributed by atoms with Crippen molar-refractivity contribution in [3.05, 3.63) is 47.5 Å². The minimum absolute atomic E-state index is 0.0411. The van der Waals surface area contributed by atoms with Crippen LogP contribution in [0.25, 0.3) is 0 Å². The first-order chi connectivity index (χ1) is 17.0. The molecule has 6 nitrogen and oxygen atoms in total. The van der Waals surface area contributed by atoms with E-state index in [-0.39, 0.29) is 17.1 Å². The van der Waals surface area contributed by atoms with Gasteiger partial charge in [-0.2, -0.15) is 0 Å². The Hall–Kier alpha value is -2.89. The van der Waals surface area contributed by atoms with Crippen LogP contribution >= 0.6 is 0 Å². The first-order valence-electron chi connectivity index (χ1n) is 13.2. The van der Waals surface area contributed by atoms with Crippen LogP contribution in [0.15, 0.2) is 36.4 Å². The van der Waals surface area contributed by atoms with Gasteiger partial charge < -0.3 is 24.8 Å². The number of aromatic carboxylic acids is 1. The van der Waals surface area contributed by atoms with Crippen LogP contribution in [0.3, 0.4) is 0 Å². The van der Waals surface area contributed by atoms with Crippen molar-refractivity contribution in [1.29, 1.82) is 0 Å². The Balaban J connectivity index is 1.71. The lowest BCUT2D eigenvalue weighted by molar-refractivity contribution is 0.0691. The summed E-state index contributed by atoms with van der Waals surface area (Å²) in [5.74, 6) is -0.353. The molecule has 2 rings (SSSR count). The molecule has 0 aliphatic carbocycles. The highest BCUT2D eigenvalue weighted by atomic mass is 16.5. The number of para-hydroxylation sites is 2. The molecule has 0 aromatic heterocycles. The van der Waals surface area contributed by atoms with Crippen molar-refractivity contribution in [2.24, 2.45) is 0 Å². The minimum Gasteiger partial charge on any atom is -0.504 e. The van der Waals surface area contributed by atoms with Gasteiger partial charge in [0.25, 0.3) is 0 Å². The molecule has 0 saturated heterocycles. The summed E-state index contributed by atoms with van der Waals surface area (Å²) in [4.78, 5) is 11.7. The first kappa shape index (κ1) is 28.3. The van der Waals surface area contributed by atoms with Gasteiger partial charge in [0.2, 0.25) is 0 Å². The number of phenolic OH excluding ortho intramolecular Hbond substituents is 2. The van der Waals surface area contributed by atoms with Gasteiger partial charge in [0.15, 0.2) is 23.0 Å². The molecule has 3 N–H and O–H groups in total. The maximum Gasteiger partial charge on any atom is 0.339 e. The second-order valence-corrected chi connectivity index (χ2v) is 9.06. The van der Waals surface area contributed by atoms with Crippen molar-refractivity contribution in [3.8, 4) is 23.0 Å². The van der Waals surface area contributed by atoms with E-state index in [1.54, 1.807) is 24.3 Å². The van der Waals surface area contributed by atoms with Gasteiger partial charge in [0, 0.05) is 0 Å². The van der Waals surface area contributed by atoms with Crippen LogP contribution < -0.4 is 9.47 Å². The lowest BCUT2D eigenvalue weighted by atomic mass is 10.0. The molecule has 0 radical (unpaired) electrons. The number of unbranched alkanes of at least 4 members (excludes halogenated alkanes) is 10. The zero-order valence-electron chi connectivity index (χ0n) is 21.1. The van der Waals surface area contributed by atoms with Crippen LogP contribution in [0.1, 0.15) is 99.9 Å². The number of carboxylic acids is 1. The number of carboxylic acid groups (broad SMARTS) is 1. The highest BCUT2D eigenvalue weighted by Crippen LogP contribution is 2.32. The molecule has 6 heteroatoms. The number of benzene rings is 2. The minimum atomic E-state index is -1.02. The zero-order chi connectivity index (χ0) is 25.3. The monoisotopic (exact) mass is 486 g/mol. The average molecular weight is 487 g/mol. The normalized spacial score (nSPS) is 10.9. The van der Waals surface area contributed by atoms with Crippen molar-refractivity contribution in [3.63, 3.8) is 0 Å². The van der Waals surface area contributed by atoms with Crippen LogP contribution in [0.2, 0.25) is 0 Å². The number of aryl methyl sites for hydroxylation is 1. The Kier molecular flexibility index (Phi) is 13.5. The number of hydrogen-bond acceptors (Lipinski definition) is 5. The number of aromatic hydroxyl groups is 2. The molecule has 2 aromatic rings. The summed E-state index contributed by atoms with van der Waals surface area (Å²) in [6, 6.07) is 10.0. The molecule has 0 aliphatic heterocycles. The van der Waals surface area contributed by atoms with Crippen molar-refractivity contribution in [1.82, 2.24) is 0 Å². The highest BCUT2D eigenvalue weighted by Gasteiger charge is 2.16. The van der Waals surface area contributed by atoms with Gasteiger partial charge in [-0.15, -0.1) is 0 Å². The fourth-order valence-corrected chi connectivity index (χ4v) is 4.09. The lowest BCUT2D eigenvalue weighted by Crippen LogP contribution is -2.08. The quantitative estimate of drug-likeness (QED) is 0.141. The zero-order valence-corrected chi connectivity index (χ0v) is 21.1. The predicted molar refractivity (Wildman–Crippen MR) is 139 cm³/mol. The number of hydrogen-bond donors (Lipinski definition) is 3. The molecule has 35 heavy (non-hydrogen) atoms. The standard InChI is InChI=1S/C29H42O6/c1-2-3-4-5-6-7-9-12-21-34-26-20-15-18-24(29(32)33)28(26)35-22-13-10-8-11-16-23-17-14-19-25(30)27(23)31/h14-15,17-20,30-31H,2-13,16,21-22H2,1H3,(H,32,33). The van der Waals surface area contributed by atoms with E-state index >= 15 is 0 Å². The van der Waals surface area contributed by atoms with Gasteiger partial charge in [-0.3, -0.25) is 0 Å². The third-order valence-corrected chi connectivity index (χ3v) is 6.15. The topological polar surface area (TPSA) is 96.2 Å². The fourth-order valence-electron chi connectivity index (χ4n) is 4.09. The van der Waals surface area contributed by atoms with Crippen LogP contribution in [0.4, 0.5) is 0 Å². The second-order valence-electron chi connectivity index (χ2n) is 9.06. The van der Waals surface area contributed by atoms with E-state index < -0.39 is 5.97 Å². The van der Waals surface area contributed by atoms with Gasteiger partial charge in [-0.25, -0.2) is 4.79 Å². The molecular formula is C29H42O6. The molecular weight excluding hydrogens is 444 g/mol. The summed E-state index contributed by atoms with van der Waals surface area (Å²) in [5.41, 5.74) is 0.868. The molecule has 0 amide bonds. The van der Waals surface area contributed by atoms with Crippen molar-refractivity contribution < 1.29 is 29.6 Å². The van der Waals surface area contributed by atoms with E-state index in [1.807, 2.05) is 6.07 Å². The van der Waals surface area contributed by atoms with E-state index in [2.05, 4.69) is 6.92 Å². The third-order valence-electron chi connectivity index (χ3n) is 6.15. The largest absolute Gasteiger partial charge is 0.504 e. The van der Waals surface area contributed by atoms with Crippen molar-refractivity contribution >= 4 is 5.97 Å². The number of ether oxygens (including phenoxy) is 2. The number of carbonyl (C=O) groups is 1. The molecule has 0 aliphatic rings. The average Bonchev–Trinajstić information content (AvgIpc) is 2.85. The van der Waals surface area contributed by atoms with Gasteiger partial charge >= 0.3 is 5.97 Å². The molecule has 0 unspecified atom stereocenters. The van der Waals surface area contributed by atoms with E-state index in [9.17, 15) is 20.1 Å². The number of rotatable bonds is 19. The van der Waals surface area contributed by atoms with Gasteiger partial charge in [0.1, 0.15) is 5.56 Å².